The van der Waals surface area contributed by atoms with Crippen LogP contribution in [0.3, 0.4) is 0 Å². The van der Waals surface area contributed by atoms with Gasteiger partial charge in [0.15, 0.2) is 0 Å². The minimum absolute atomic E-state index is 0.245. The molecule has 3 rings (SSSR count). The van der Waals surface area contributed by atoms with Crippen LogP contribution in [0.1, 0.15) is 37.3 Å². The molecule has 1 saturated heterocycles. The SMILES string of the molecule is CN(C)c1ccc([C@H](CNC(=O)C2CC2)N2CCCC2)cc1. The zero-order valence-corrected chi connectivity index (χ0v) is 13.7. The molecule has 0 aromatic heterocycles. The van der Waals surface area contributed by atoms with Gasteiger partial charge in [0, 0.05) is 32.2 Å². The molecule has 2 fully saturated rings. The van der Waals surface area contributed by atoms with Gasteiger partial charge < -0.3 is 10.2 Å². The summed E-state index contributed by atoms with van der Waals surface area (Å²) in [6, 6.07) is 9.06. The molecule has 4 heteroatoms. The van der Waals surface area contributed by atoms with Crippen LogP contribution in [0, 0.1) is 5.92 Å². The highest BCUT2D eigenvalue weighted by molar-refractivity contribution is 5.80. The Morgan fingerprint density at radius 1 is 1.23 bits per heavy atom. The number of hydrogen-bond donors (Lipinski definition) is 1. The Morgan fingerprint density at radius 3 is 2.41 bits per heavy atom. The van der Waals surface area contributed by atoms with E-state index in [1.165, 1.54) is 24.1 Å². The maximum absolute atomic E-state index is 12.0. The molecular formula is C18H27N3O. The molecule has 120 valence electrons. The second kappa shape index (κ2) is 6.69. The molecule has 0 unspecified atom stereocenters. The van der Waals surface area contributed by atoms with E-state index in [0.717, 1.165) is 32.5 Å². The second-order valence-electron chi connectivity index (χ2n) is 6.76. The minimum Gasteiger partial charge on any atom is -0.378 e. The molecule has 1 amide bonds. The van der Waals surface area contributed by atoms with Crippen molar-refractivity contribution in [1.29, 1.82) is 0 Å². The van der Waals surface area contributed by atoms with Gasteiger partial charge >= 0.3 is 0 Å². The highest BCUT2D eigenvalue weighted by atomic mass is 16.2. The first-order valence-electron chi connectivity index (χ1n) is 8.44. The van der Waals surface area contributed by atoms with Crippen LogP contribution in [0.15, 0.2) is 24.3 Å². The van der Waals surface area contributed by atoms with Gasteiger partial charge in [0.2, 0.25) is 5.91 Å². The molecule has 0 spiro atoms. The number of likely N-dealkylation sites (tertiary alicyclic amines) is 1. The van der Waals surface area contributed by atoms with Crippen molar-refractivity contribution in [2.24, 2.45) is 5.92 Å². The van der Waals surface area contributed by atoms with Crippen LogP contribution >= 0.6 is 0 Å². The first-order valence-corrected chi connectivity index (χ1v) is 8.44. The van der Waals surface area contributed by atoms with Crippen LogP contribution < -0.4 is 10.2 Å². The van der Waals surface area contributed by atoms with Crippen molar-refractivity contribution in [3.63, 3.8) is 0 Å². The maximum Gasteiger partial charge on any atom is 0.223 e. The van der Waals surface area contributed by atoms with Crippen molar-refractivity contribution < 1.29 is 4.79 Å². The lowest BCUT2D eigenvalue weighted by atomic mass is 10.0. The number of carbonyl (C=O) groups excluding carboxylic acids is 1. The zero-order valence-electron chi connectivity index (χ0n) is 13.7. The summed E-state index contributed by atoms with van der Waals surface area (Å²) in [4.78, 5) is 16.6. The zero-order chi connectivity index (χ0) is 15.5. The Bertz CT molecular complexity index is 502. The van der Waals surface area contributed by atoms with E-state index in [1.807, 2.05) is 0 Å². The highest BCUT2D eigenvalue weighted by Crippen LogP contribution is 2.30. The number of nitrogens with one attached hydrogen (secondary N) is 1. The molecule has 1 heterocycles. The van der Waals surface area contributed by atoms with E-state index < -0.39 is 0 Å². The number of rotatable bonds is 6. The Labute approximate surface area is 133 Å². The number of amides is 1. The quantitative estimate of drug-likeness (QED) is 0.876. The topological polar surface area (TPSA) is 35.6 Å². The Balaban J connectivity index is 1.70. The van der Waals surface area contributed by atoms with Crippen LogP contribution in [-0.2, 0) is 4.79 Å². The van der Waals surface area contributed by atoms with Crippen LogP contribution in [-0.4, -0.2) is 44.5 Å². The normalized spacial score (nSPS) is 19.9. The lowest BCUT2D eigenvalue weighted by molar-refractivity contribution is -0.122. The molecule has 1 aliphatic heterocycles. The summed E-state index contributed by atoms with van der Waals surface area (Å²) in [5.74, 6) is 0.532. The van der Waals surface area contributed by atoms with Crippen molar-refractivity contribution in [2.45, 2.75) is 31.7 Å². The predicted octanol–water partition coefficient (Wildman–Crippen LogP) is 2.42. The van der Waals surface area contributed by atoms with Gasteiger partial charge in [-0.3, -0.25) is 9.69 Å². The third-order valence-electron chi connectivity index (χ3n) is 4.79. The van der Waals surface area contributed by atoms with Crippen molar-refractivity contribution in [1.82, 2.24) is 10.2 Å². The van der Waals surface area contributed by atoms with Gasteiger partial charge in [-0.05, 0) is 56.5 Å². The largest absolute Gasteiger partial charge is 0.378 e. The molecule has 1 saturated carbocycles. The Kier molecular flexibility index (Phi) is 4.67. The molecule has 0 bridgehead atoms. The lowest BCUT2D eigenvalue weighted by Gasteiger charge is -2.28. The van der Waals surface area contributed by atoms with E-state index in [9.17, 15) is 4.79 Å². The molecule has 0 radical (unpaired) electrons. The molecule has 1 atom stereocenters. The van der Waals surface area contributed by atoms with Gasteiger partial charge in [-0.15, -0.1) is 0 Å². The van der Waals surface area contributed by atoms with Crippen molar-refractivity contribution >= 4 is 11.6 Å². The third-order valence-corrected chi connectivity index (χ3v) is 4.79. The number of benzene rings is 1. The standard InChI is InChI=1S/C18H27N3O/c1-20(2)16-9-7-14(8-10-16)17(21-11-3-4-12-21)13-19-18(22)15-5-6-15/h7-10,15,17H,3-6,11-13H2,1-2H3,(H,19,22)/t17-/m0/s1. The van der Waals surface area contributed by atoms with Crippen LogP contribution in [0.4, 0.5) is 5.69 Å². The summed E-state index contributed by atoms with van der Waals surface area (Å²) in [5.41, 5.74) is 2.52. The summed E-state index contributed by atoms with van der Waals surface area (Å²) >= 11 is 0. The lowest BCUT2D eigenvalue weighted by Crippen LogP contribution is -2.37. The van der Waals surface area contributed by atoms with Gasteiger partial charge in [-0.1, -0.05) is 12.1 Å². The van der Waals surface area contributed by atoms with E-state index in [0.29, 0.717) is 6.04 Å². The Morgan fingerprint density at radius 2 is 1.86 bits per heavy atom. The number of carbonyl (C=O) groups is 1. The smallest absolute Gasteiger partial charge is 0.223 e. The fourth-order valence-corrected chi connectivity index (χ4v) is 3.19. The summed E-state index contributed by atoms with van der Waals surface area (Å²) in [7, 11) is 4.12. The number of nitrogens with zero attached hydrogens (tertiary/aromatic N) is 2. The molecule has 1 N–H and O–H groups in total. The molecule has 1 aliphatic carbocycles. The average Bonchev–Trinajstić information content (AvgIpc) is 3.24. The molecule has 4 nitrogen and oxygen atoms in total. The predicted molar refractivity (Wildman–Crippen MR) is 90.1 cm³/mol. The van der Waals surface area contributed by atoms with Crippen molar-refractivity contribution in [3.8, 4) is 0 Å². The van der Waals surface area contributed by atoms with Crippen molar-refractivity contribution in [2.75, 3.05) is 38.6 Å². The maximum atomic E-state index is 12.0. The average molecular weight is 301 g/mol. The van der Waals surface area contributed by atoms with Gasteiger partial charge in [0.25, 0.3) is 0 Å². The molecule has 22 heavy (non-hydrogen) atoms. The first kappa shape index (κ1) is 15.3. The monoisotopic (exact) mass is 301 g/mol. The minimum atomic E-state index is 0.245. The van der Waals surface area contributed by atoms with E-state index in [1.54, 1.807) is 0 Å². The van der Waals surface area contributed by atoms with Crippen LogP contribution in [0.2, 0.25) is 0 Å². The van der Waals surface area contributed by atoms with Crippen LogP contribution in [0.5, 0.6) is 0 Å². The molecule has 1 aromatic rings. The first-order chi connectivity index (χ1) is 10.6. The van der Waals surface area contributed by atoms with E-state index >= 15 is 0 Å². The second-order valence-corrected chi connectivity index (χ2v) is 6.76. The highest BCUT2D eigenvalue weighted by Gasteiger charge is 2.31. The van der Waals surface area contributed by atoms with Gasteiger partial charge in [-0.25, -0.2) is 0 Å². The summed E-state index contributed by atoms with van der Waals surface area (Å²) < 4.78 is 0. The number of hydrogen-bond acceptors (Lipinski definition) is 3. The summed E-state index contributed by atoms with van der Waals surface area (Å²) in [5, 5.41) is 3.17. The fourth-order valence-electron chi connectivity index (χ4n) is 3.19. The van der Waals surface area contributed by atoms with Gasteiger partial charge in [0.1, 0.15) is 0 Å². The molecule has 2 aliphatic rings. The summed E-state index contributed by atoms with van der Waals surface area (Å²) in [6.45, 7) is 3.01. The molecule has 1 aromatic carbocycles. The van der Waals surface area contributed by atoms with Crippen molar-refractivity contribution in [3.05, 3.63) is 29.8 Å². The van der Waals surface area contributed by atoms with Crippen LogP contribution in [0.25, 0.3) is 0 Å². The fraction of sp³-hybridized carbons (Fsp3) is 0.611. The van der Waals surface area contributed by atoms with Gasteiger partial charge in [0.05, 0.1) is 6.04 Å². The summed E-state index contributed by atoms with van der Waals surface area (Å²) in [6.07, 6.45) is 4.67. The molecular weight excluding hydrogens is 274 g/mol. The van der Waals surface area contributed by atoms with E-state index in [4.69, 9.17) is 0 Å². The van der Waals surface area contributed by atoms with E-state index in [2.05, 4.69) is 53.5 Å². The number of anilines is 1. The van der Waals surface area contributed by atoms with E-state index in [-0.39, 0.29) is 11.8 Å². The Hall–Kier alpha value is -1.55. The third kappa shape index (κ3) is 3.61. The van der Waals surface area contributed by atoms with Gasteiger partial charge in [-0.2, -0.15) is 0 Å².